The smallest absolute Gasteiger partial charge is 0.0722 e. The molecule has 3 heteroatoms. The average Bonchev–Trinajstić information content (AvgIpc) is 2.29. The van der Waals surface area contributed by atoms with Gasteiger partial charge in [-0.05, 0) is 31.9 Å². The molecule has 0 spiro atoms. The van der Waals surface area contributed by atoms with Crippen LogP contribution in [0.3, 0.4) is 0 Å². The first-order valence-corrected chi connectivity index (χ1v) is 6.37. The van der Waals surface area contributed by atoms with E-state index in [9.17, 15) is 0 Å². The van der Waals surface area contributed by atoms with Crippen LogP contribution in [-0.4, -0.2) is 31.8 Å². The largest absolute Gasteiger partial charge is 0.375 e. The maximum atomic E-state index is 5.91. The topological polar surface area (TPSA) is 38.5 Å². The maximum Gasteiger partial charge on any atom is 0.0722 e. The van der Waals surface area contributed by atoms with E-state index in [0.717, 1.165) is 26.1 Å². The number of benzene rings is 1. The molecule has 0 bridgehead atoms. The van der Waals surface area contributed by atoms with Crippen molar-refractivity contribution >= 4 is 5.69 Å². The molecule has 1 aromatic rings. The van der Waals surface area contributed by atoms with Gasteiger partial charge >= 0.3 is 0 Å². The Hall–Kier alpha value is -1.06. The summed E-state index contributed by atoms with van der Waals surface area (Å²) >= 11 is 0. The number of anilines is 1. The van der Waals surface area contributed by atoms with Crippen LogP contribution in [-0.2, 0) is 11.2 Å². The van der Waals surface area contributed by atoms with Crippen molar-refractivity contribution in [1.82, 2.24) is 0 Å². The van der Waals surface area contributed by atoms with Gasteiger partial charge in [0, 0.05) is 24.8 Å². The Morgan fingerprint density at radius 3 is 2.94 bits per heavy atom. The molecule has 0 radical (unpaired) electrons. The summed E-state index contributed by atoms with van der Waals surface area (Å²) in [5.41, 5.74) is 8.57. The van der Waals surface area contributed by atoms with Crippen molar-refractivity contribution in [2.75, 3.05) is 24.6 Å². The first-order valence-electron chi connectivity index (χ1n) is 6.37. The molecular formula is C14H22N2O. The lowest BCUT2D eigenvalue weighted by molar-refractivity contribution is 0.0532. The maximum absolute atomic E-state index is 5.91. The number of hydrogen-bond acceptors (Lipinski definition) is 3. The minimum Gasteiger partial charge on any atom is -0.375 e. The molecule has 1 aliphatic heterocycles. The van der Waals surface area contributed by atoms with Gasteiger partial charge in [0.2, 0.25) is 0 Å². The first kappa shape index (κ1) is 12.4. The summed E-state index contributed by atoms with van der Waals surface area (Å²) in [5, 5.41) is 0. The van der Waals surface area contributed by atoms with Crippen molar-refractivity contribution in [3.8, 4) is 0 Å². The van der Waals surface area contributed by atoms with Crippen molar-refractivity contribution in [2.24, 2.45) is 5.73 Å². The van der Waals surface area contributed by atoms with E-state index in [1.807, 2.05) is 0 Å². The van der Waals surface area contributed by atoms with Crippen LogP contribution in [0.25, 0.3) is 0 Å². The molecule has 1 fully saturated rings. The SMILES string of the molecule is CC(N)Cc1ccccc1N1CCOC(C)C1. The van der Waals surface area contributed by atoms with Crippen molar-refractivity contribution in [1.29, 1.82) is 0 Å². The molecule has 2 unspecified atom stereocenters. The second-order valence-electron chi connectivity index (χ2n) is 4.94. The van der Waals surface area contributed by atoms with Gasteiger partial charge in [-0.2, -0.15) is 0 Å². The Morgan fingerprint density at radius 1 is 1.47 bits per heavy atom. The normalized spacial score (nSPS) is 22.5. The van der Waals surface area contributed by atoms with Gasteiger partial charge in [-0.3, -0.25) is 0 Å². The first-order chi connectivity index (χ1) is 8.16. The van der Waals surface area contributed by atoms with Crippen LogP contribution >= 0.6 is 0 Å². The molecule has 1 heterocycles. The third kappa shape index (κ3) is 3.20. The van der Waals surface area contributed by atoms with Gasteiger partial charge in [0.05, 0.1) is 12.7 Å². The molecule has 1 aliphatic rings. The number of ether oxygens (including phenoxy) is 1. The minimum atomic E-state index is 0.203. The predicted octanol–water partition coefficient (Wildman–Crippen LogP) is 1.80. The summed E-state index contributed by atoms with van der Waals surface area (Å²) in [7, 11) is 0. The zero-order valence-electron chi connectivity index (χ0n) is 10.7. The van der Waals surface area contributed by atoms with Gasteiger partial charge < -0.3 is 15.4 Å². The van der Waals surface area contributed by atoms with E-state index in [1.165, 1.54) is 11.3 Å². The van der Waals surface area contributed by atoms with E-state index in [4.69, 9.17) is 10.5 Å². The molecular weight excluding hydrogens is 212 g/mol. The van der Waals surface area contributed by atoms with Gasteiger partial charge in [-0.1, -0.05) is 18.2 Å². The van der Waals surface area contributed by atoms with E-state index in [0.29, 0.717) is 6.10 Å². The van der Waals surface area contributed by atoms with Gasteiger partial charge in [0.15, 0.2) is 0 Å². The molecule has 2 rings (SSSR count). The molecule has 1 aromatic carbocycles. The summed E-state index contributed by atoms with van der Waals surface area (Å²) in [4.78, 5) is 2.41. The fourth-order valence-electron chi connectivity index (χ4n) is 2.38. The van der Waals surface area contributed by atoms with Crippen LogP contribution in [0, 0.1) is 0 Å². The van der Waals surface area contributed by atoms with E-state index in [1.54, 1.807) is 0 Å². The lowest BCUT2D eigenvalue weighted by Gasteiger charge is -2.34. The molecule has 0 saturated carbocycles. The standard InChI is InChI=1S/C14H22N2O/c1-11(15)9-13-5-3-4-6-14(13)16-7-8-17-12(2)10-16/h3-6,11-12H,7-10,15H2,1-2H3. The zero-order valence-corrected chi connectivity index (χ0v) is 10.7. The Kier molecular flexibility index (Phi) is 4.02. The fraction of sp³-hybridized carbons (Fsp3) is 0.571. The molecule has 0 aliphatic carbocycles. The molecule has 94 valence electrons. The summed E-state index contributed by atoms with van der Waals surface area (Å²) in [6, 6.07) is 8.76. The van der Waals surface area contributed by atoms with Gasteiger partial charge in [0.25, 0.3) is 0 Å². The van der Waals surface area contributed by atoms with Crippen molar-refractivity contribution < 1.29 is 4.74 Å². The highest BCUT2D eigenvalue weighted by atomic mass is 16.5. The van der Waals surface area contributed by atoms with Crippen LogP contribution < -0.4 is 10.6 Å². The van der Waals surface area contributed by atoms with Crippen molar-refractivity contribution in [3.05, 3.63) is 29.8 Å². The number of nitrogens with two attached hydrogens (primary N) is 1. The van der Waals surface area contributed by atoms with Crippen LogP contribution in [0.2, 0.25) is 0 Å². The van der Waals surface area contributed by atoms with E-state index in [-0.39, 0.29) is 6.04 Å². The molecule has 0 aromatic heterocycles. The zero-order chi connectivity index (χ0) is 12.3. The van der Waals surface area contributed by atoms with Crippen LogP contribution in [0.1, 0.15) is 19.4 Å². The summed E-state index contributed by atoms with van der Waals surface area (Å²) in [6.07, 6.45) is 1.24. The average molecular weight is 234 g/mol. The molecule has 2 N–H and O–H groups in total. The number of para-hydroxylation sites is 1. The van der Waals surface area contributed by atoms with Crippen molar-refractivity contribution in [3.63, 3.8) is 0 Å². The van der Waals surface area contributed by atoms with Gasteiger partial charge in [-0.15, -0.1) is 0 Å². The summed E-state index contributed by atoms with van der Waals surface area (Å²) in [5.74, 6) is 0. The van der Waals surface area contributed by atoms with Crippen LogP contribution in [0.5, 0.6) is 0 Å². The predicted molar refractivity (Wildman–Crippen MR) is 71.4 cm³/mol. The summed E-state index contributed by atoms with van der Waals surface area (Å²) < 4.78 is 5.58. The quantitative estimate of drug-likeness (QED) is 0.866. The minimum absolute atomic E-state index is 0.203. The summed E-state index contributed by atoms with van der Waals surface area (Å²) in [6.45, 7) is 6.93. The molecule has 17 heavy (non-hydrogen) atoms. The highest BCUT2D eigenvalue weighted by molar-refractivity contribution is 5.54. The van der Waals surface area contributed by atoms with E-state index >= 15 is 0 Å². The highest BCUT2D eigenvalue weighted by Crippen LogP contribution is 2.23. The molecule has 2 atom stereocenters. The number of nitrogens with zero attached hydrogens (tertiary/aromatic N) is 1. The molecule has 0 amide bonds. The Morgan fingerprint density at radius 2 is 2.24 bits per heavy atom. The Labute approximate surface area is 104 Å². The Bertz CT molecular complexity index is 365. The van der Waals surface area contributed by atoms with Crippen molar-refractivity contribution in [2.45, 2.75) is 32.4 Å². The van der Waals surface area contributed by atoms with Gasteiger partial charge in [-0.25, -0.2) is 0 Å². The van der Waals surface area contributed by atoms with Crippen LogP contribution in [0.4, 0.5) is 5.69 Å². The lowest BCUT2D eigenvalue weighted by Crippen LogP contribution is -2.41. The number of hydrogen-bond donors (Lipinski definition) is 1. The van der Waals surface area contributed by atoms with Crippen LogP contribution in [0.15, 0.2) is 24.3 Å². The monoisotopic (exact) mass is 234 g/mol. The third-order valence-corrected chi connectivity index (χ3v) is 3.12. The second-order valence-corrected chi connectivity index (χ2v) is 4.94. The Balaban J connectivity index is 2.18. The fourth-order valence-corrected chi connectivity index (χ4v) is 2.38. The number of rotatable bonds is 3. The van der Waals surface area contributed by atoms with E-state index < -0.39 is 0 Å². The second kappa shape index (κ2) is 5.52. The lowest BCUT2D eigenvalue weighted by atomic mass is 10.0. The molecule has 3 nitrogen and oxygen atoms in total. The third-order valence-electron chi connectivity index (χ3n) is 3.12. The molecule has 1 saturated heterocycles. The highest BCUT2D eigenvalue weighted by Gasteiger charge is 2.19. The van der Waals surface area contributed by atoms with E-state index in [2.05, 4.69) is 43.0 Å². The van der Waals surface area contributed by atoms with Gasteiger partial charge in [0.1, 0.15) is 0 Å². The number of morpholine rings is 1.